The van der Waals surface area contributed by atoms with Gasteiger partial charge in [0, 0.05) is 6.61 Å². The van der Waals surface area contributed by atoms with E-state index in [9.17, 15) is 13.0 Å². The normalized spacial score (nSPS) is 10.8. The second-order valence-electron chi connectivity index (χ2n) is 3.02. The van der Waals surface area contributed by atoms with Crippen molar-refractivity contribution in [3.05, 3.63) is 0 Å². The highest BCUT2D eigenvalue weighted by molar-refractivity contribution is 7.80. The van der Waals surface area contributed by atoms with Crippen LogP contribution in [-0.2, 0) is 19.3 Å². The van der Waals surface area contributed by atoms with Crippen LogP contribution in [0.2, 0.25) is 0 Å². The summed E-state index contributed by atoms with van der Waals surface area (Å²) >= 11 is 0. The Labute approximate surface area is 98.3 Å². The van der Waals surface area contributed by atoms with E-state index in [0.717, 1.165) is 20.4 Å². The lowest BCUT2D eigenvalue weighted by Crippen LogP contribution is -2.84. The minimum absolute atomic E-state index is 0.808. The van der Waals surface area contributed by atoms with Gasteiger partial charge in [0.15, 0.2) is 6.73 Å². The first-order valence-corrected chi connectivity index (χ1v) is 6.72. The molecule has 0 unspecified atom stereocenters. The van der Waals surface area contributed by atoms with Gasteiger partial charge in [-0.15, -0.1) is 0 Å². The van der Waals surface area contributed by atoms with E-state index < -0.39 is 10.4 Å². The third-order valence-corrected chi connectivity index (χ3v) is 2.06. The van der Waals surface area contributed by atoms with Gasteiger partial charge < -0.3 is 14.6 Å². The van der Waals surface area contributed by atoms with E-state index >= 15 is 0 Å². The quantitative estimate of drug-likeness (QED) is 0.282. The summed E-state index contributed by atoms with van der Waals surface area (Å²) in [4.78, 5) is 0. The van der Waals surface area contributed by atoms with Crippen LogP contribution in [0.4, 0.5) is 0 Å². The molecule has 0 aromatic rings. The Morgan fingerprint density at radius 3 is 2.19 bits per heavy atom. The molecule has 0 fully saturated rings. The Kier molecular flexibility index (Phi) is 14.6. The van der Waals surface area contributed by atoms with E-state index in [1.54, 1.807) is 0 Å². The van der Waals surface area contributed by atoms with Gasteiger partial charge in [0.05, 0.1) is 13.7 Å². The van der Waals surface area contributed by atoms with Crippen molar-refractivity contribution in [2.45, 2.75) is 33.1 Å². The molecule has 0 atom stereocenters. The van der Waals surface area contributed by atoms with Crippen molar-refractivity contribution in [3.63, 3.8) is 0 Å². The van der Waals surface area contributed by atoms with Crippen LogP contribution in [0.15, 0.2) is 0 Å². The number of nitrogens with two attached hydrogens (primary N) is 1. The Morgan fingerprint density at radius 2 is 1.81 bits per heavy atom. The lowest BCUT2D eigenvalue weighted by Gasteiger charge is -1.99. The third kappa shape index (κ3) is 23.5. The zero-order valence-electron chi connectivity index (χ0n) is 10.3. The number of quaternary nitrogens is 1. The van der Waals surface area contributed by atoms with Gasteiger partial charge in [0.1, 0.15) is 0 Å². The van der Waals surface area contributed by atoms with Crippen molar-refractivity contribution in [1.82, 2.24) is 0 Å². The Bertz CT molecular complexity index is 210. The van der Waals surface area contributed by atoms with Crippen LogP contribution >= 0.6 is 0 Å². The highest BCUT2D eigenvalue weighted by Crippen LogP contribution is 1.88. The minimum atomic E-state index is -4.41. The summed E-state index contributed by atoms with van der Waals surface area (Å²) in [5, 5.41) is 2.22. The smallest absolute Gasteiger partial charge is 0.217 e. The van der Waals surface area contributed by atoms with Crippen molar-refractivity contribution in [3.8, 4) is 0 Å². The molecule has 2 N–H and O–H groups in total. The van der Waals surface area contributed by atoms with Crippen LogP contribution in [0.3, 0.4) is 0 Å². The first kappa shape index (κ1) is 18.2. The predicted octanol–water partition coefficient (Wildman–Crippen LogP) is -0.173. The van der Waals surface area contributed by atoms with E-state index in [4.69, 9.17) is 4.74 Å². The molecule has 0 heterocycles. The second-order valence-corrected chi connectivity index (χ2v) is 4.17. The summed E-state index contributed by atoms with van der Waals surface area (Å²) in [6.07, 6.45) is 3.98. The summed E-state index contributed by atoms with van der Waals surface area (Å²) in [7, 11) is -3.60. The zero-order chi connectivity index (χ0) is 12.9. The van der Waals surface area contributed by atoms with Crippen LogP contribution in [0.5, 0.6) is 0 Å². The maximum atomic E-state index is 9.22. The van der Waals surface area contributed by atoms with Gasteiger partial charge in [-0.05, 0) is 19.8 Å². The molecule has 0 rings (SSSR count). The number of hydrogen-bond acceptors (Lipinski definition) is 5. The van der Waals surface area contributed by atoms with Crippen LogP contribution < -0.4 is 5.32 Å². The van der Waals surface area contributed by atoms with Crippen LogP contribution in [-0.4, -0.2) is 40.0 Å². The first-order chi connectivity index (χ1) is 7.47. The third-order valence-electron chi connectivity index (χ3n) is 1.66. The minimum Gasteiger partial charge on any atom is -0.726 e. The molecule has 0 aliphatic rings. The summed E-state index contributed by atoms with van der Waals surface area (Å²) in [5.41, 5.74) is 0. The molecule has 100 valence electrons. The molecule has 0 spiro atoms. The Morgan fingerprint density at radius 1 is 1.25 bits per heavy atom. The standard InChI is InChI=1S/C8H19NO.CH4O4S/c1-3-5-6-7-9-8-10-4-2;1-5-6(2,3)4/h9H,3-8H2,1-2H3;1H3,(H,2,3,4). The van der Waals surface area contributed by atoms with E-state index in [2.05, 4.69) is 16.4 Å². The van der Waals surface area contributed by atoms with Crippen molar-refractivity contribution in [2.24, 2.45) is 0 Å². The van der Waals surface area contributed by atoms with E-state index in [0.29, 0.717) is 0 Å². The number of rotatable bonds is 8. The molecule has 0 aromatic carbocycles. The molecule has 7 heteroatoms. The number of unbranched alkanes of at least 4 members (excludes halogenated alkanes) is 2. The van der Waals surface area contributed by atoms with Gasteiger partial charge >= 0.3 is 0 Å². The average molecular weight is 257 g/mol. The van der Waals surface area contributed by atoms with Gasteiger partial charge in [-0.2, -0.15) is 0 Å². The average Bonchev–Trinajstić information content (AvgIpc) is 2.23. The van der Waals surface area contributed by atoms with Crippen molar-refractivity contribution in [1.29, 1.82) is 0 Å². The van der Waals surface area contributed by atoms with Gasteiger partial charge in [-0.1, -0.05) is 13.3 Å². The molecule has 0 amide bonds. The molecule has 0 aromatic heterocycles. The Balaban J connectivity index is 0. The molecule has 0 aliphatic heterocycles. The van der Waals surface area contributed by atoms with E-state index in [-0.39, 0.29) is 0 Å². The molecule has 0 saturated carbocycles. The Hall–Kier alpha value is -0.210. The van der Waals surface area contributed by atoms with E-state index in [1.807, 2.05) is 6.92 Å². The van der Waals surface area contributed by atoms with Gasteiger partial charge in [0.25, 0.3) is 0 Å². The van der Waals surface area contributed by atoms with Gasteiger partial charge in [0.2, 0.25) is 10.4 Å². The highest BCUT2D eigenvalue weighted by Gasteiger charge is 1.88. The van der Waals surface area contributed by atoms with Crippen molar-refractivity contribution < 1.29 is 27.2 Å². The molecule has 0 radical (unpaired) electrons. The largest absolute Gasteiger partial charge is 0.726 e. The molecule has 0 aliphatic carbocycles. The highest BCUT2D eigenvalue weighted by atomic mass is 32.3. The fraction of sp³-hybridized carbons (Fsp3) is 1.00. The molecule has 16 heavy (non-hydrogen) atoms. The zero-order valence-corrected chi connectivity index (χ0v) is 11.1. The lowest BCUT2D eigenvalue weighted by molar-refractivity contribution is -0.687. The molecule has 6 nitrogen and oxygen atoms in total. The molecule has 0 bridgehead atoms. The fourth-order valence-electron chi connectivity index (χ4n) is 0.823. The lowest BCUT2D eigenvalue weighted by atomic mass is 10.2. The number of ether oxygens (including phenoxy) is 1. The predicted molar refractivity (Wildman–Crippen MR) is 59.5 cm³/mol. The summed E-state index contributed by atoms with van der Waals surface area (Å²) in [5.74, 6) is 0. The van der Waals surface area contributed by atoms with Gasteiger partial charge in [-0.3, -0.25) is 4.18 Å². The van der Waals surface area contributed by atoms with Crippen molar-refractivity contribution in [2.75, 3.05) is 27.0 Å². The summed E-state index contributed by atoms with van der Waals surface area (Å²) in [6, 6.07) is 0. The molecular formula is C9H23NO5S. The van der Waals surface area contributed by atoms with E-state index in [1.165, 1.54) is 25.8 Å². The van der Waals surface area contributed by atoms with Crippen molar-refractivity contribution >= 4 is 10.4 Å². The van der Waals surface area contributed by atoms with Crippen LogP contribution in [0, 0.1) is 0 Å². The monoisotopic (exact) mass is 257 g/mol. The van der Waals surface area contributed by atoms with Gasteiger partial charge in [-0.25, -0.2) is 8.42 Å². The van der Waals surface area contributed by atoms with Crippen LogP contribution in [0.25, 0.3) is 0 Å². The molecular weight excluding hydrogens is 234 g/mol. The first-order valence-electron chi connectivity index (χ1n) is 5.38. The SMILES string of the molecule is CCCCC[NH2+]COCC.COS(=O)(=O)[O-]. The maximum Gasteiger partial charge on any atom is 0.217 e. The topological polar surface area (TPSA) is 92.3 Å². The maximum absolute atomic E-state index is 9.22. The molecule has 0 saturated heterocycles. The second kappa shape index (κ2) is 12.9. The summed E-state index contributed by atoms with van der Waals surface area (Å²) in [6.45, 7) is 7.14. The summed E-state index contributed by atoms with van der Waals surface area (Å²) < 4.78 is 36.2. The fourth-order valence-corrected chi connectivity index (χ4v) is 0.823. The number of hydrogen-bond donors (Lipinski definition) is 1. The van der Waals surface area contributed by atoms with Crippen LogP contribution in [0.1, 0.15) is 33.1 Å².